The molecule has 12 atom stereocenters. The molecule has 2 unspecified atom stereocenters. The van der Waals surface area contributed by atoms with Gasteiger partial charge in [0.1, 0.15) is 97.0 Å². The van der Waals surface area contributed by atoms with Crippen LogP contribution < -0.4 is 23.7 Å². The van der Waals surface area contributed by atoms with Gasteiger partial charge in [-0.2, -0.15) is 0 Å². The van der Waals surface area contributed by atoms with Crippen LogP contribution in [0.5, 0.6) is 69.0 Å². The van der Waals surface area contributed by atoms with Crippen LogP contribution in [-0.4, -0.2) is 63.8 Å². The van der Waals surface area contributed by atoms with Crippen molar-refractivity contribution in [1.82, 2.24) is 0 Å². The topological polar surface area (TPSA) is 188 Å². The maximum Gasteiger partial charge on any atom is 0.127 e. The van der Waals surface area contributed by atoms with Crippen LogP contribution >= 0.6 is 0 Å². The van der Waals surface area contributed by atoms with Crippen molar-refractivity contribution in [3.63, 3.8) is 0 Å². The third-order valence-corrected chi connectivity index (χ3v) is 29.0. The van der Waals surface area contributed by atoms with Gasteiger partial charge in [-0.15, -0.1) is 0 Å². The van der Waals surface area contributed by atoms with Gasteiger partial charge in [-0.1, -0.05) is 124 Å². The van der Waals surface area contributed by atoms with Crippen LogP contribution in [0, 0.1) is 35.5 Å². The van der Waals surface area contributed by atoms with Gasteiger partial charge in [0, 0.05) is 98.5 Å². The summed E-state index contributed by atoms with van der Waals surface area (Å²) in [5.41, 5.74) is 20.9. The van der Waals surface area contributed by atoms with Gasteiger partial charge < -0.3 is 59.4 Å². The fourth-order valence-electron chi connectivity index (χ4n) is 22.0. The predicted molar refractivity (Wildman–Crippen MR) is 490 cm³/mol. The number of aromatic hydroxyl groups is 7. The molecule has 17 rings (SSSR count). The fourth-order valence-corrected chi connectivity index (χ4v) is 22.0. The number of hydrogen-bond acceptors (Lipinski definition) is 12. The lowest BCUT2D eigenvalue weighted by Gasteiger charge is -2.46. The Kier molecular flexibility index (Phi) is 27.0. The quantitative estimate of drug-likeness (QED) is 0.0716. The van der Waals surface area contributed by atoms with Crippen molar-refractivity contribution in [2.24, 2.45) is 35.5 Å². The van der Waals surface area contributed by atoms with Crippen molar-refractivity contribution in [3.8, 4) is 69.0 Å². The molecule has 0 bridgehead atoms. The second kappa shape index (κ2) is 35.9. The highest BCUT2D eigenvalue weighted by atomic mass is 16.5. The second-order valence-electron chi connectivity index (χ2n) is 39.8. The van der Waals surface area contributed by atoms with E-state index in [2.05, 4.69) is 219 Å². The molecule has 5 heterocycles. The van der Waals surface area contributed by atoms with Crippen LogP contribution in [0.25, 0.3) is 0 Å². The number of fused-ring (bicyclic) bond motifs is 15. The molecule has 0 amide bonds. The molecule has 6 aromatic rings. The van der Waals surface area contributed by atoms with Crippen molar-refractivity contribution in [3.05, 3.63) is 222 Å². The Balaban J connectivity index is 0.000000132. The summed E-state index contributed by atoms with van der Waals surface area (Å²) >= 11 is 0. The minimum absolute atomic E-state index is 0.0205. The molecule has 0 saturated heterocycles. The van der Waals surface area contributed by atoms with Crippen LogP contribution in [0.1, 0.15) is 339 Å². The Labute approximate surface area is 719 Å². The van der Waals surface area contributed by atoms with Gasteiger partial charge in [0.2, 0.25) is 0 Å². The van der Waals surface area contributed by atoms with E-state index in [1.54, 1.807) is 12.1 Å². The standard InChI is InChI=1S/6C18H24O2/c5*1-5-12-9-15(19)17-13-8-11(2)6-7-14(13)18(3,4)20-16(17)10-12;1-5-13-9-16(19)18(17(20)10-13)15-8-12(4)6-7-14(15)11(2)3/h5*8-10,13-14,19H,5-7H2,1-4H3;8-10,14-15,19-20H,2,5-7H2,1,3-4H3/t2*13-,14+;2*13-,14-;;14-,15+/m1010.0/s1. The first-order valence-electron chi connectivity index (χ1n) is 45.5. The lowest BCUT2D eigenvalue weighted by molar-refractivity contribution is 0.0104. The highest BCUT2D eigenvalue weighted by molar-refractivity contribution is 5.60. The van der Waals surface area contributed by atoms with Gasteiger partial charge in [-0.25, -0.2) is 0 Å². The Hall–Kier alpha value is -8.90. The zero-order chi connectivity index (χ0) is 87.3. The fraction of sp³-hybridized carbons (Fsp3) is 0.537. The van der Waals surface area contributed by atoms with E-state index in [1.165, 1.54) is 33.4 Å². The van der Waals surface area contributed by atoms with E-state index in [1.807, 2.05) is 44.2 Å². The predicted octanol–water partition coefficient (Wildman–Crippen LogP) is 27.5. The summed E-state index contributed by atoms with van der Waals surface area (Å²) in [6, 6.07) is 23.5. The van der Waals surface area contributed by atoms with E-state index in [-0.39, 0.29) is 80.9 Å². The first-order valence-corrected chi connectivity index (χ1v) is 45.5. The molecule has 12 nitrogen and oxygen atoms in total. The van der Waals surface area contributed by atoms with Crippen LogP contribution in [0.3, 0.4) is 0 Å². The zero-order valence-corrected chi connectivity index (χ0v) is 76.9. The number of rotatable bonds is 8. The summed E-state index contributed by atoms with van der Waals surface area (Å²) in [5.74, 6) is 10.7. The smallest absolute Gasteiger partial charge is 0.127 e. The molecule has 6 aromatic carbocycles. The summed E-state index contributed by atoms with van der Waals surface area (Å²) in [4.78, 5) is 0. The second-order valence-corrected chi connectivity index (χ2v) is 39.8. The molecule has 12 heteroatoms. The van der Waals surface area contributed by atoms with E-state index in [9.17, 15) is 35.7 Å². The van der Waals surface area contributed by atoms with Crippen LogP contribution in [0.15, 0.2) is 155 Å². The highest BCUT2D eigenvalue weighted by Gasteiger charge is 2.51. The molecule has 6 aliphatic carbocycles. The number of phenols is 7. The monoisotopic (exact) mass is 1630 g/mol. The lowest BCUT2D eigenvalue weighted by Crippen LogP contribution is -2.45. The summed E-state index contributed by atoms with van der Waals surface area (Å²) in [6.07, 6.45) is 32.6. The molecular weight excluding hydrogens is 1490 g/mol. The van der Waals surface area contributed by atoms with E-state index in [0.717, 1.165) is 211 Å². The number of phenolic OH excluding ortho intramolecular Hbond substituents is 7. The largest absolute Gasteiger partial charge is 0.507 e. The third-order valence-electron chi connectivity index (χ3n) is 29.0. The molecule has 120 heavy (non-hydrogen) atoms. The minimum Gasteiger partial charge on any atom is -0.507 e. The van der Waals surface area contributed by atoms with Gasteiger partial charge in [0.15, 0.2) is 0 Å². The molecular formula is C108H144O12. The molecule has 0 spiro atoms. The van der Waals surface area contributed by atoms with Crippen LogP contribution in [0.2, 0.25) is 0 Å². The van der Waals surface area contributed by atoms with Crippen molar-refractivity contribution in [1.29, 1.82) is 0 Å². The van der Waals surface area contributed by atoms with Crippen molar-refractivity contribution >= 4 is 0 Å². The highest BCUT2D eigenvalue weighted by Crippen LogP contribution is 2.60. The molecule has 0 fully saturated rings. The number of aryl methyl sites for hydroxylation is 6. The summed E-state index contributed by atoms with van der Waals surface area (Å²) < 4.78 is 31.3. The Morgan fingerprint density at radius 2 is 0.442 bits per heavy atom. The third kappa shape index (κ3) is 18.8. The minimum atomic E-state index is -0.173. The van der Waals surface area contributed by atoms with Gasteiger partial charge in [-0.05, 0) is 345 Å². The zero-order valence-electron chi connectivity index (χ0n) is 76.9. The first-order chi connectivity index (χ1) is 56.5. The molecule has 648 valence electrons. The number of allylic oxidation sites excluding steroid dienone is 13. The molecule has 0 aromatic heterocycles. The molecule has 5 aliphatic heterocycles. The molecule has 11 aliphatic rings. The maximum atomic E-state index is 10.5. The molecule has 7 N–H and O–H groups in total. The average Bonchev–Trinajstić information content (AvgIpc) is 0.859. The lowest BCUT2D eigenvalue weighted by atomic mass is 9.68. The maximum absolute atomic E-state index is 10.5. The Morgan fingerprint density at radius 1 is 0.275 bits per heavy atom. The number of benzene rings is 6. The molecule has 0 saturated carbocycles. The van der Waals surface area contributed by atoms with Crippen molar-refractivity contribution in [2.45, 2.75) is 338 Å². The van der Waals surface area contributed by atoms with Gasteiger partial charge in [-0.3, -0.25) is 0 Å². The van der Waals surface area contributed by atoms with E-state index < -0.39 is 0 Å². The van der Waals surface area contributed by atoms with Gasteiger partial charge in [0.25, 0.3) is 0 Å². The first kappa shape index (κ1) is 90.3. The Bertz CT molecular complexity index is 4380. The van der Waals surface area contributed by atoms with E-state index >= 15 is 0 Å². The van der Waals surface area contributed by atoms with Crippen molar-refractivity contribution < 1.29 is 59.4 Å². The van der Waals surface area contributed by atoms with Crippen LogP contribution in [0.4, 0.5) is 0 Å². The number of ether oxygens (including phenoxy) is 5. The van der Waals surface area contributed by atoms with Gasteiger partial charge >= 0.3 is 0 Å². The summed E-state index contributed by atoms with van der Waals surface area (Å²) in [5, 5.41) is 72.9. The van der Waals surface area contributed by atoms with E-state index in [4.69, 9.17) is 23.7 Å². The van der Waals surface area contributed by atoms with E-state index in [0.29, 0.717) is 63.9 Å². The van der Waals surface area contributed by atoms with Crippen molar-refractivity contribution in [2.75, 3.05) is 0 Å². The summed E-state index contributed by atoms with van der Waals surface area (Å²) in [6.45, 7) is 53.5. The summed E-state index contributed by atoms with van der Waals surface area (Å²) in [7, 11) is 0. The normalized spacial score (nSPS) is 26.3. The Morgan fingerprint density at radius 3 is 0.625 bits per heavy atom. The number of hydrogen-bond donors (Lipinski definition) is 7. The molecule has 0 radical (unpaired) electrons. The van der Waals surface area contributed by atoms with Crippen LogP contribution in [-0.2, 0) is 38.5 Å². The average molecular weight is 1630 g/mol. The SMILES string of the molecule is C=C(C)[C@@H]1CCC(C)=C[C@H]1c1c(O)cc(CC)cc1O.CCc1cc(O)c2c(c1)OC(C)(C)C1CCC(C)=CC21.CCc1cc(O)c2c(c1)OC(C)(C)[C@@H]1CCC(C)=C[C@@H]21.CCc1cc(O)c2c(c1)OC(C)(C)[C@@H]1CCC(C)=C[C@H]21.CCc1cc(O)c2c(c1)OC(C)(C)[C@H]1CCC(C)=C[C@@H]21.CCc1cc(O)c2c(c1)OC(C)(C)[C@H]1CCC(C)=C[C@H]21. The van der Waals surface area contributed by atoms with Gasteiger partial charge in [0.05, 0.1) is 0 Å².